The van der Waals surface area contributed by atoms with Crippen LogP contribution in [0.1, 0.15) is 30.0 Å². The summed E-state index contributed by atoms with van der Waals surface area (Å²) < 4.78 is 36.3. The third-order valence-corrected chi connectivity index (χ3v) is 7.52. The number of hydrogen-bond donors (Lipinski definition) is 1. The molecule has 2 fully saturated rings. The summed E-state index contributed by atoms with van der Waals surface area (Å²) in [5.74, 6) is 1.01. The summed E-state index contributed by atoms with van der Waals surface area (Å²) in [6, 6.07) is 18.1. The number of piperidine rings is 1. The lowest BCUT2D eigenvalue weighted by Gasteiger charge is -2.38. The molecular formula is C27H29ClN4O5S. The highest BCUT2D eigenvalue weighted by molar-refractivity contribution is 7.92. The second-order valence-electron chi connectivity index (χ2n) is 9.57. The summed E-state index contributed by atoms with van der Waals surface area (Å²) in [6.45, 7) is 2.83. The van der Waals surface area contributed by atoms with Crippen molar-refractivity contribution in [2.75, 3.05) is 30.7 Å². The van der Waals surface area contributed by atoms with Crippen LogP contribution in [0.4, 0.5) is 10.5 Å². The van der Waals surface area contributed by atoms with Gasteiger partial charge in [-0.25, -0.2) is 18.2 Å². The monoisotopic (exact) mass is 556 g/mol. The number of ether oxygens (including phenoxy) is 2. The summed E-state index contributed by atoms with van der Waals surface area (Å²) >= 11 is 6.18. The van der Waals surface area contributed by atoms with Crippen molar-refractivity contribution in [3.8, 4) is 11.6 Å². The van der Waals surface area contributed by atoms with Crippen LogP contribution in [0.15, 0.2) is 66.9 Å². The lowest BCUT2D eigenvalue weighted by atomic mass is 9.99. The Balaban J connectivity index is 1.13. The third-order valence-electron chi connectivity index (χ3n) is 6.68. The number of nitrogens with one attached hydrogen (secondary N) is 1. The van der Waals surface area contributed by atoms with Gasteiger partial charge in [-0.2, -0.15) is 0 Å². The number of nitrogens with zero attached hydrogens (tertiary/aromatic N) is 3. The Labute approximate surface area is 227 Å². The number of aromatic nitrogens is 1. The van der Waals surface area contributed by atoms with Gasteiger partial charge in [0.1, 0.15) is 12.4 Å². The zero-order valence-corrected chi connectivity index (χ0v) is 22.5. The van der Waals surface area contributed by atoms with E-state index in [1.54, 1.807) is 30.5 Å². The van der Waals surface area contributed by atoms with Crippen molar-refractivity contribution in [1.29, 1.82) is 0 Å². The SMILES string of the molecule is CS(=O)(=O)Nc1ccc(Oc2ccc(CN3CCC(N4C(=O)OC[C@H]4c4cccc(Cl)c4)CC3)cn2)cc1. The Morgan fingerprint density at radius 1 is 1.11 bits per heavy atom. The minimum absolute atomic E-state index is 0.110. The number of anilines is 1. The highest BCUT2D eigenvalue weighted by atomic mass is 35.5. The van der Waals surface area contributed by atoms with Gasteiger partial charge in [-0.15, -0.1) is 0 Å². The topological polar surface area (TPSA) is 101 Å². The molecule has 38 heavy (non-hydrogen) atoms. The molecule has 0 saturated carbocycles. The normalized spacial score (nSPS) is 18.8. The number of cyclic esters (lactones) is 1. The second kappa shape index (κ2) is 11.2. The summed E-state index contributed by atoms with van der Waals surface area (Å²) in [5.41, 5.74) is 2.54. The fraction of sp³-hybridized carbons (Fsp3) is 0.333. The fourth-order valence-electron chi connectivity index (χ4n) is 4.91. The minimum atomic E-state index is -3.33. The Morgan fingerprint density at radius 2 is 1.87 bits per heavy atom. The van der Waals surface area contributed by atoms with Crippen molar-refractivity contribution in [2.24, 2.45) is 0 Å². The predicted octanol–water partition coefficient (Wildman–Crippen LogP) is 5.06. The van der Waals surface area contributed by atoms with Crippen molar-refractivity contribution >= 4 is 33.4 Å². The van der Waals surface area contributed by atoms with Gasteiger partial charge in [-0.05, 0) is 60.4 Å². The Morgan fingerprint density at radius 3 is 2.53 bits per heavy atom. The number of hydrogen-bond acceptors (Lipinski definition) is 7. The Kier molecular flexibility index (Phi) is 7.73. The molecule has 2 saturated heterocycles. The molecule has 1 amide bonds. The number of benzene rings is 2. The molecule has 1 aromatic heterocycles. The number of halogens is 1. The van der Waals surface area contributed by atoms with Gasteiger partial charge < -0.3 is 9.47 Å². The zero-order valence-electron chi connectivity index (χ0n) is 20.9. The number of rotatable bonds is 8. The van der Waals surface area contributed by atoms with Gasteiger partial charge in [-0.3, -0.25) is 14.5 Å². The minimum Gasteiger partial charge on any atom is -0.447 e. The van der Waals surface area contributed by atoms with E-state index in [2.05, 4.69) is 14.6 Å². The van der Waals surface area contributed by atoms with Crippen molar-refractivity contribution in [2.45, 2.75) is 31.5 Å². The van der Waals surface area contributed by atoms with Crippen LogP contribution in [0.25, 0.3) is 0 Å². The number of likely N-dealkylation sites (tertiary alicyclic amines) is 1. The zero-order chi connectivity index (χ0) is 26.7. The molecule has 3 heterocycles. The summed E-state index contributed by atoms with van der Waals surface area (Å²) in [7, 11) is -3.33. The van der Waals surface area contributed by atoms with E-state index in [9.17, 15) is 13.2 Å². The van der Waals surface area contributed by atoms with Crippen molar-refractivity contribution < 1.29 is 22.7 Å². The molecule has 0 aliphatic carbocycles. The van der Waals surface area contributed by atoms with Crippen LogP contribution < -0.4 is 9.46 Å². The van der Waals surface area contributed by atoms with Crippen LogP contribution in [-0.4, -0.2) is 61.3 Å². The third kappa shape index (κ3) is 6.56. The van der Waals surface area contributed by atoms with E-state index >= 15 is 0 Å². The molecule has 2 aromatic carbocycles. The van der Waals surface area contributed by atoms with E-state index in [-0.39, 0.29) is 18.2 Å². The predicted molar refractivity (Wildman–Crippen MR) is 145 cm³/mol. The first-order valence-electron chi connectivity index (χ1n) is 12.4. The number of pyridine rings is 1. The first-order chi connectivity index (χ1) is 18.2. The van der Waals surface area contributed by atoms with E-state index in [0.29, 0.717) is 28.9 Å². The maximum absolute atomic E-state index is 12.6. The van der Waals surface area contributed by atoms with Gasteiger partial charge in [0, 0.05) is 48.6 Å². The average Bonchev–Trinajstić information content (AvgIpc) is 3.27. The number of amides is 1. The van der Waals surface area contributed by atoms with Gasteiger partial charge in [0.25, 0.3) is 0 Å². The van der Waals surface area contributed by atoms with Crippen molar-refractivity contribution in [3.63, 3.8) is 0 Å². The van der Waals surface area contributed by atoms with Crippen LogP contribution in [0, 0.1) is 0 Å². The summed E-state index contributed by atoms with van der Waals surface area (Å²) in [6.07, 6.45) is 4.38. The van der Waals surface area contributed by atoms with Crippen LogP contribution in [0.2, 0.25) is 5.02 Å². The molecule has 3 aromatic rings. The molecule has 5 rings (SSSR count). The van der Waals surface area contributed by atoms with E-state index in [0.717, 1.165) is 49.9 Å². The van der Waals surface area contributed by atoms with Gasteiger partial charge >= 0.3 is 6.09 Å². The van der Waals surface area contributed by atoms with E-state index in [1.165, 1.54) is 0 Å². The van der Waals surface area contributed by atoms with Gasteiger partial charge in [0.05, 0.1) is 12.3 Å². The molecule has 11 heteroatoms. The molecule has 1 atom stereocenters. The van der Waals surface area contributed by atoms with Crippen LogP contribution >= 0.6 is 11.6 Å². The molecule has 0 unspecified atom stereocenters. The molecule has 0 radical (unpaired) electrons. The highest BCUT2D eigenvalue weighted by Gasteiger charge is 2.40. The first-order valence-corrected chi connectivity index (χ1v) is 14.6. The average molecular weight is 557 g/mol. The highest BCUT2D eigenvalue weighted by Crippen LogP contribution is 2.34. The molecule has 2 aliphatic rings. The maximum atomic E-state index is 12.6. The van der Waals surface area contributed by atoms with Crippen LogP contribution in [-0.2, 0) is 21.3 Å². The number of sulfonamides is 1. The largest absolute Gasteiger partial charge is 0.447 e. The number of carbonyl (C=O) groups excluding carboxylic acids is 1. The lowest BCUT2D eigenvalue weighted by molar-refractivity contribution is 0.104. The van der Waals surface area contributed by atoms with E-state index < -0.39 is 10.0 Å². The summed E-state index contributed by atoms with van der Waals surface area (Å²) in [4.78, 5) is 21.2. The quantitative estimate of drug-likeness (QED) is 0.414. The van der Waals surface area contributed by atoms with E-state index in [1.807, 2.05) is 41.3 Å². The first kappa shape index (κ1) is 26.3. The lowest BCUT2D eigenvalue weighted by Crippen LogP contribution is -2.46. The molecule has 0 spiro atoms. The van der Waals surface area contributed by atoms with Crippen molar-refractivity contribution in [1.82, 2.24) is 14.8 Å². The van der Waals surface area contributed by atoms with Gasteiger partial charge in [-0.1, -0.05) is 29.8 Å². The Bertz CT molecular complexity index is 1380. The van der Waals surface area contributed by atoms with Crippen molar-refractivity contribution in [3.05, 3.63) is 83.0 Å². The maximum Gasteiger partial charge on any atom is 0.410 e. The molecule has 0 bridgehead atoms. The van der Waals surface area contributed by atoms with Gasteiger partial charge in [0.2, 0.25) is 15.9 Å². The molecule has 2 aliphatic heterocycles. The van der Waals surface area contributed by atoms with Crippen LogP contribution in [0.5, 0.6) is 11.6 Å². The second-order valence-corrected chi connectivity index (χ2v) is 11.8. The Hall–Kier alpha value is -3.34. The standard InChI is InChI=1S/C27H29ClN4O5S/c1-38(34,35)30-22-6-8-24(9-7-22)37-26-10-5-19(16-29-26)17-31-13-11-23(12-14-31)32-25(18-36-27(32)33)20-3-2-4-21(28)15-20/h2-10,15-16,23,25,30H,11-14,17-18H2,1H3/t25-/m0/s1. The molecule has 9 nitrogen and oxygen atoms in total. The molecule has 200 valence electrons. The molecule has 1 N–H and O–H groups in total. The smallest absolute Gasteiger partial charge is 0.410 e. The summed E-state index contributed by atoms with van der Waals surface area (Å²) in [5, 5.41) is 0.654. The molecular weight excluding hydrogens is 528 g/mol. The van der Waals surface area contributed by atoms with E-state index in [4.69, 9.17) is 21.1 Å². The van der Waals surface area contributed by atoms with Crippen LogP contribution in [0.3, 0.4) is 0 Å². The number of carbonyl (C=O) groups is 1. The fourth-order valence-corrected chi connectivity index (χ4v) is 5.67. The van der Waals surface area contributed by atoms with Gasteiger partial charge in [0.15, 0.2) is 0 Å².